The Balaban J connectivity index is 0.000000663. The van der Waals surface area contributed by atoms with Crippen LogP contribution >= 0.6 is 0 Å². The van der Waals surface area contributed by atoms with Crippen molar-refractivity contribution >= 4 is 16.3 Å². The van der Waals surface area contributed by atoms with E-state index in [0.29, 0.717) is 25.9 Å². The Bertz CT molecular complexity index is 969. The van der Waals surface area contributed by atoms with E-state index >= 15 is 0 Å². The van der Waals surface area contributed by atoms with Crippen LogP contribution in [0.1, 0.15) is 118 Å². The largest absolute Gasteiger partial charge is 0.379 e. The van der Waals surface area contributed by atoms with Crippen LogP contribution in [0.2, 0.25) is 0 Å². The summed E-state index contributed by atoms with van der Waals surface area (Å²) in [5.74, 6) is 5.07. The summed E-state index contributed by atoms with van der Waals surface area (Å²) < 4.78 is 11.2. The van der Waals surface area contributed by atoms with Crippen LogP contribution < -0.4 is 11.6 Å². The molecule has 2 unspecified atom stereocenters. The molecule has 0 radical (unpaired) electrons. The first-order valence-corrected chi connectivity index (χ1v) is 16.8. The zero-order valence-corrected chi connectivity index (χ0v) is 28.8. The van der Waals surface area contributed by atoms with Crippen LogP contribution in [0.25, 0.3) is 16.3 Å². The topological polar surface area (TPSA) is 79.7 Å². The van der Waals surface area contributed by atoms with Crippen LogP contribution in [0.4, 0.5) is 0 Å². The molecule has 2 aromatic carbocycles. The van der Waals surface area contributed by atoms with Gasteiger partial charge in [0.05, 0.1) is 25.4 Å². The Labute approximate surface area is 265 Å². The lowest BCUT2D eigenvalue weighted by molar-refractivity contribution is -0.0346. The van der Waals surface area contributed by atoms with Gasteiger partial charge in [-0.2, -0.15) is 0 Å². The predicted molar refractivity (Wildman–Crippen MR) is 189 cm³/mol. The third-order valence-corrected chi connectivity index (χ3v) is 7.95. The molecule has 0 aliphatic rings. The number of allylic oxidation sites excluding steroid dienone is 3. The van der Waals surface area contributed by atoms with Crippen LogP contribution in [0.5, 0.6) is 0 Å². The highest BCUT2D eigenvalue weighted by Crippen LogP contribution is 2.38. The number of fused-ring (bicyclic) bond motifs is 1. The average molecular weight is 599 g/mol. The minimum atomic E-state index is 0.191. The van der Waals surface area contributed by atoms with Crippen LogP contribution in [-0.2, 0) is 14.3 Å². The number of hydrogen-bond donors (Lipinski definition) is 2. The van der Waals surface area contributed by atoms with E-state index in [0.717, 1.165) is 45.1 Å². The van der Waals surface area contributed by atoms with Crippen molar-refractivity contribution in [3.8, 4) is 0 Å². The normalized spacial score (nSPS) is 13.3. The SMILES string of the molecule is C/C=C\CC(CC)(CCCCON)C(C)OCCN.C=C(CCCC)c1cccc2ccccc12.CCCCOC(C)C. The van der Waals surface area contributed by atoms with E-state index < -0.39 is 0 Å². The fourth-order valence-corrected chi connectivity index (χ4v) is 5.04. The van der Waals surface area contributed by atoms with Gasteiger partial charge in [-0.15, -0.1) is 0 Å². The molecule has 0 amide bonds. The van der Waals surface area contributed by atoms with E-state index in [1.54, 1.807) is 0 Å². The summed E-state index contributed by atoms with van der Waals surface area (Å²) >= 11 is 0. The lowest BCUT2D eigenvalue weighted by Gasteiger charge is -2.38. The van der Waals surface area contributed by atoms with Gasteiger partial charge in [0.1, 0.15) is 0 Å². The molecular formula is C38H66N2O3. The molecule has 0 saturated carbocycles. The van der Waals surface area contributed by atoms with Crippen molar-refractivity contribution in [2.45, 2.75) is 125 Å². The predicted octanol–water partition coefficient (Wildman–Crippen LogP) is 10.0. The molecule has 0 aliphatic heterocycles. The van der Waals surface area contributed by atoms with Gasteiger partial charge in [0.15, 0.2) is 0 Å². The van der Waals surface area contributed by atoms with Gasteiger partial charge in [-0.05, 0) is 100.0 Å². The summed E-state index contributed by atoms with van der Waals surface area (Å²) in [7, 11) is 0. The maximum Gasteiger partial charge on any atom is 0.0679 e. The molecule has 0 spiro atoms. The van der Waals surface area contributed by atoms with Gasteiger partial charge >= 0.3 is 0 Å². The Hall–Kier alpha value is -2.02. The van der Waals surface area contributed by atoms with E-state index in [9.17, 15) is 0 Å². The molecule has 2 aromatic rings. The van der Waals surface area contributed by atoms with Crippen molar-refractivity contribution in [1.82, 2.24) is 0 Å². The lowest BCUT2D eigenvalue weighted by atomic mass is 9.73. The van der Waals surface area contributed by atoms with E-state index in [1.807, 2.05) is 0 Å². The van der Waals surface area contributed by atoms with Gasteiger partial charge in [-0.25, -0.2) is 5.90 Å². The first kappa shape index (κ1) is 41.0. The summed E-state index contributed by atoms with van der Waals surface area (Å²) in [6.45, 7) is 22.0. The van der Waals surface area contributed by atoms with Crippen LogP contribution in [0.15, 0.2) is 61.2 Å². The van der Waals surface area contributed by atoms with Crippen molar-refractivity contribution in [3.63, 3.8) is 0 Å². The third-order valence-electron chi connectivity index (χ3n) is 7.95. The molecule has 5 nitrogen and oxygen atoms in total. The molecular weight excluding hydrogens is 532 g/mol. The number of rotatable bonds is 20. The van der Waals surface area contributed by atoms with Crippen LogP contribution in [0.3, 0.4) is 0 Å². The molecule has 2 rings (SSSR count). The molecule has 246 valence electrons. The van der Waals surface area contributed by atoms with Crippen LogP contribution in [0, 0.1) is 5.41 Å². The average Bonchev–Trinajstić information content (AvgIpc) is 3.02. The number of unbranched alkanes of at least 4 members (excludes halogenated alkanes) is 3. The Morgan fingerprint density at radius 3 is 2.19 bits per heavy atom. The molecule has 0 fully saturated rings. The van der Waals surface area contributed by atoms with Gasteiger partial charge < -0.3 is 20.0 Å². The highest BCUT2D eigenvalue weighted by Gasteiger charge is 2.33. The van der Waals surface area contributed by atoms with Crippen LogP contribution in [-0.4, -0.2) is 38.6 Å². The van der Waals surface area contributed by atoms with Crippen molar-refractivity contribution in [1.29, 1.82) is 0 Å². The monoisotopic (exact) mass is 599 g/mol. The first-order valence-electron chi connectivity index (χ1n) is 16.8. The quantitative estimate of drug-likeness (QED) is 0.0900. The second-order valence-electron chi connectivity index (χ2n) is 11.6. The maximum atomic E-state index is 5.89. The highest BCUT2D eigenvalue weighted by atomic mass is 16.6. The molecule has 0 heterocycles. The fraction of sp³-hybridized carbons (Fsp3) is 0.632. The van der Waals surface area contributed by atoms with Gasteiger partial charge in [-0.3, -0.25) is 0 Å². The summed E-state index contributed by atoms with van der Waals surface area (Å²) in [4.78, 5) is 4.63. The first-order chi connectivity index (χ1) is 20.8. The minimum absolute atomic E-state index is 0.191. The zero-order chi connectivity index (χ0) is 32.3. The number of benzene rings is 2. The molecule has 0 aliphatic carbocycles. The summed E-state index contributed by atoms with van der Waals surface area (Å²) in [6, 6.07) is 15.0. The number of nitrogens with two attached hydrogens (primary N) is 2. The van der Waals surface area contributed by atoms with Crippen molar-refractivity contribution in [2.24, 2.45) is 17.0 Å². The lowest BCUT2D eigenvalue weighted by Crippen LogP contribution is -2.35. The van der Waals surface area contributed by atoms with Gasteiger partial charge in [-0.1, -0.05) is 101 Å². The third kappa shape index (κ3) is 17.8. The summed E-state index contributed by atoms with van der Waals surface area (Å²) in [5, 5.41) is 2.63. The number of hydrogen-bond acceptors (Lipinski definition) is 5. The standard InChI is InChI=1S/C16H18.C15H32N2O2.C7H16O/c1-3-4-8-13(2)15-12-7-10-14-9-5-6-11-16(14)15;1-4-6-9-15(5-2,10-7-8-12-19-17)14(3)18-13-11-16;1-4-5-6-8-7(2)3/h5-7,9-12H,2-4,8H2,1H3;4,6,14H,5,7-13,16-17H2,1-3H3;7H,4-6H2,1-3H3/b;6-4-;. The van der Waals surface area contributed by atoms with E-state index in [-0.39, 0.29) is 11.5 Å². The maximum absolute atomic E-state index is 5.89. The van der Waals surface area contributed by atoms with Crippen molar-refractivity contribution in [2.75, 3.05) is 26.4 Å². The smallest absolute Gasteiger partial charge is 0.0679 e. The summed E-state index contributed by atoms with van der Waals surface area (Å²) in [5.41, 5.74) is 8.30. The van der Waals surface area contributed by atoms with Gasteiger partial charge in [0.25, 0.3) is 0 Å². The minimum Gasteiger partial charge on any atom is -0.379 e. The van der Waals surface area contributed by atoms with E-state index in [2.05, 4.69) is 114 Å². The molecule has 43 heavy (non-hydrogen) atoms. The second-order valence-corrected chi connectivity index (χ2v) is 11.6. The van der Waals surface area contributed by atoms with Crippen molar-refractivity contribution < 1.29 is 14.3 Å². The highest BCUT2D eigenvalue weighted by molar-refractivity contribution is 5.93. The molecule has 0 aromatic heterocycles. The molecule has 5 heteroatoms. The van der Waals surface area contributed by atoms with E-state index in [1.165, 1.54) is 47.6 Å². The van der Waals surface area contributed by atoms with E-state index in [4.69, 9.17) is 21.1 Å². The summed E-state index contributed by atoms with van der Waals surface area (Å²) in [6.07, 6.45) is 16.3. The number of ether oxygens (including phenoxy) is 2. The van der Waals surface area contributed by atoms with Gasteiger partial charge in [0.2, 0.25) is 0 Å². The molecule has 2 atom stereocenters. The van der Waals surface area contributed by atoms with Gasteiger partial charge in [0, 0.05) is 13.2 Å². The molecule has 0 bridgehead atoms. The molecule has 4 N–H and O–H groups in total. The second kappa shape index (κ2) is 26.4. The van der Waals surface area contributed by atoms with Crippen molar-refractivity contribution in [3.05, 3.63) is 66.8 Å². The Kier molecular flexibility index (Phi) is 25.1. The Morgan fingerprint density at radius 1 is 0.884 bits per heavy atom. The molecule has 0 saturated heterocycles. The zero-order valence-electron chi connectivity index (χ0n) is 28.8. The Morgan fingerprint density at radius 2 is 1.58 bits per heavy atom. The fourth-order valence-electron chi connectivity index (χ4n) is 5.04.